The number of benzene rings is 2. The molecule has 1 saturated heterocycles. The minimum atomic E-state index is -4.86. The Morgan fingerprint density at radius 3 is 2.04 bits per heavy atom. The number of hydrogen-bond acceptors (Lipinski definition) is 11. The Kier molecular flexibility index (Phi) is 9.29. The van der Waals surface area contributed by atoms with Crippen LogP contribution in [-0.2, 0) is 18.1 Å². The second kappa shape index (κ2) is 13.9. The molecular formula is C34H29F6N11O2. The summed E-state index contributed by atoms with van der Waals surface area (Å²) >= 11 is 0. The standard InChI is InChI=1S/C34H29F6N11O2/c35-27-4-2-1-3-26(27)32(53,20-50-21-43-45-47-50)33(36,37)29-11-7-23(17-41-29)22-5-8-24(9-6-22)48-13-15-49(16-14-48)25-10-12-30(42-18-25)51-19-28(44-46-51)31(52)34(38,39)40/h1-12,17-19,21,31,52-53H,13-16,20H2. The van der Waals surface area contributed by atoms with Crippen molar-refractivity contribution in [3.63, 3.8) is 0 Å². The molecule has 6 aromatic rings. The molecule has 1 aliphatic heterocycles. The van der Waals surface area contributed by atoms with E-state index in [1.165, 1.54) is 24.4 Å². The molecule has 2 N–H and O–H groups in total. The summed E-state index contributed by atoms with van der Waals surface area (Å²) in [7, 11) is 0. The van der Waals surface area contributed by atoms with Crippen molar-refractivity contribution >= 4 is 11.4 Å². The van der Waals surface area contributed by atoms with Crippen LogP contribution in [0.2, 0.25) is 0 Å². The molecule has 274 valence electrons. The molecule has 0 spiro atoms. The van der Waals surface area contributed by atoms with Crippen LogP contribution in [0.1, 0.15) is 23.1 Å². The maximum absolute atomic E-state index is 16.1. The summed E-state index contributed by atoms with van der Waals surface area (Å²) in [6.07, 6.45) is -2.73. The molecule has 13 nitrogen and oxygen atoms in total. The van der Waals surface area contributed by atoms with E-state index in [0.29, 0.717) is 37.3 Å². The van der Waals surface area contributed by atoms with Crippen molar-refractivity contribution < 1.29 is 36.6 Å². The first-order valence-electron chi connectivity index (χ1n) is 16.1. The second-order valence-electron chi connectivity index (χ2n) is 12.3. The van der Waals surface area contributed by atoms with E-state index in [1.807, 2.05) is 24.3 Å². The summed E-state index contributed by atoms with van der Waals surface area (Å²) in [4.78, 5) is 12.6. The molecule has 0 radical (unpaired) electrons. The maximum atomic E-state index is 16.1. The quantitative estimate of drug-likeness (QED) is 0.192. The summed E-state index contributed by atoms with van der Waals surface area (Å²) in [5, 5.41) is 38.3. The highest BCUT2D eigenvalue weighted by molar-refractivity contribution is 5.66. The minimum Gasteiger partial charge on any atom is -0.378 e. The van der Waals surface area contributed by atoms with Gasteiger partial charge in [-0.2, -0.15) is 22.0 Å². The Labute approximate surface area is 296 Å². The number of rotatable bonds is 10. The predicted molar refractivity (Wildman–Crippen MR) is 176 cm³/mol. The summed E-state index contributed by atoms with van der Waals surface area (Å²) in [5.41, 5.74) is -2.10. The molecule has 2 unspecified atom stereocenters. The minimum absolute atomic E-state index is 0.240. The van der Waals surface area contributed by atoms with E-state index in [4.69, 9.17) is 0 Å². The van der Waals surface area contributed by atoms with Gasteiger partial charge >= 0.3 is 12.1 Å². The normalized spacial score (nSPS) is 15.7. The van der Waals surface area contributed by atoms with E-state index < -0.39 is 53.1 Å². The number of alkyl halides is 5. The van der Waals surface area contributed by atoms with E-state index >= 15 is 8.78 Å². The molecule has 2 atom stereocenters. The van der Waals surface area contributed by atoms with Gasteiger partial charge in [-0.05, 0) is 52.4 Å². The third-order valence-electron chi connectivity index (χ3n) is 8.99. The summed E-state index contributed by atoms with van der Waals surface area (Å²) < 4.78 is 87.4. The SMILES string of the molecule is OC(c1cn(-c2ccc(N3CCN(c4ccc(-c5ccc(C(F)(F)C(O)(Cn6cnnn6)c6ccccc6F)nc5)cc4)CC3)cn2)nn1)C(F)(F)F. The Hall–Kier alpha value is -5.95. The topological polar surface area (TPSA) is 147 Å². The summed E-state index contributed by atoms with van der Waals surface area (Å²) in [6, 6.07) is 18.2. The fourth-order valence-corrected chi connectivity index (χ4v) is 6.07. The van der Waals surface area contributed by atoms with Crippen molar-refractivity contribution in [1.82, 2.24) is 45.2 Å². The van der Waals surface area contributed by atoms with E-state index in [1.54, 1.807) is 18.3 Å². The molecule has 7 rings (SSSR count). The Morgan fingerprint density at radius 2 is 1.43 bits per heavy atom. The van der Waals surface area contributed by atoms with Crippen LogP contribution in [-0.4, -0.2) is 87.7 Å². The van der Waals surface area contributed by atoms with Crippen LogP contribution in [0.3, 0.4) is 0 Å². The van der Waals surface area contributed by atoms with E-state index in [0.717, 1.165) is 51.5 Å². The lowest BCUT2D eigenvalue weighted by molar-refractivity contribution is -0.208. The molecule has 19 heteroatoms. The van der Waals surface area contributed by atoms with Crippen molar-refractivity contribution in [2.75, 3.05) is 36.0 Å². The van der Waals surface area contributed by atoms with Crippen LogP contribution in [0.4, 0.5) is 37.7 Å². The third kappa shape index (κ3) is 6.99. The first-order valence-corrected chi connectivity index (χ1v) is 16.1. The molecule has 0 aliphatic carbocycles. The van der Waals surface area contributed by atoms with Gasteiger partial charge in [-0.3, -0.25) is 4.98 Å². The van der Waals surface area contributed by atoms with Gasteiger partial charge in [-0.25, -0.2) is 18.7 Å². The highest BCUT2D eigenvalue weighted by Crippen LogP contribution is 2.46. The summed E-state index contributed by atoms with van der Waals surface area (Å²) in [6.45, 7) is 1.80. The summed E-state index contributed by atoms with van der Waals surface area (Å²) in [5.74, 6) is -4.84. The first-order chi connectivity index (χ1) is 25.3. The zero-order valence-electron chi connectivity index (χ0n) is 27.4. The van der Waals surface area contributed by atoms with Gasteiger partial charge in [0.1, 0.15) is 23.5 Å². The third-order valence-corrected chi connectivity index (χ3v) is 8.99. The largest absolute Gasteiger partial charge is 0.420 e. The molecule has 0 bridgehead atoms. The molecule has 0 saturated carbocycles. The molecule has 0 amide bonds. The van der Waals surface area contributed by atoms with E-state index in [2.05, 4.69) is 45.6 Å². The average Bonchev–Trinajstić information content (AvgIpc) is 3.88. The van der Waals surface area contributed by atoms with Crippen molar-refractivity contribution in [2.24, 2.45) is 0 Å². The van der Waals surface area contributed by atoms with Gasteiger partial charge in [-0.1, -0.05) is 41.6 Å². The maximum Gasteiger partial charge on any atom is 0.420 e. The van der Waals surface area contributed by atoms with E-state index in [-0.39, 0.29) is 5.82 Å². The zero-order valence-corrected chi connectivity index (χ0v) is 27.4. The van der Waals surface area contributed by atoms with Gasteiger partial charge < -0.3 is 20.0 Å². The first kappa shape index (κ1) is 35.5. The smallest absolute Gasteiger partial charge is 0.378 e. The highest BCUT2D eigenvalue weighted by atomic mass is 19.4. The van der Waals surface area contributed by atoms with Gasteiger partial charge in [0.05, 0.1) is 24.6 Å². The van der Waals surface area contributed by atoms with Crippen molar-refractivity contribution in [3.8, 4) is 16.9 Å². The number of pyridine rings is 2. The van der Waals surface area contributed by atoms with Crippen molar-refractivity contribution in [2.45, 2.75) is 30.3 Å². The Balaban J connectivity index is 0.993. The molecule has 5 heterocycles. The molecule has 1 aliphatic rings. The average molecular weight is 738 g/mol. The number of aliphatic hydroxyl groups excluding tert-OH is 1. The van der Waals surface area contributed by atoms with Crippen molar-refractivity contribution in [1.29, 1.82) is 0 Å². The lowest BCUT2D eigenvalue weighted by atomic mass is 9.84. The van der Waals surface area contributed by atoms with Crippen LogP contribution in [0.15, 0.2) is 97.7 Å². The van der Waals surface area contributed by atoms with Crippen LogP contribution in [0.5, 0.6) is 0 Å². The highest BCUT2D eigenvalue weighted by Gasteiger charge is 2.57. The number of aliphatic hydroxyl groups is 2. The fraction of sp³-hybridized carbons (Fsp3) is 0.265. The van der Waals surface area contributed by atoms with Gasteiger partial charge in [-0.15, -0.1) is 10.2 Å². The Morgan fingerprint density at radius 1 is 0.755 bits per heavy atom. The molecular weight excluding hydrogens is 708 g/mol. The van der Waals surface area contributed by atoms with Crippen LogP contribution < -0.4 is 9.80 Å². The van der Waals surface area contributed by atoms with Gasteiger partial charge in [0.2, 0.25) is 0 Å². The van der Waals surface area contributed by atoms with Crippen LogP contribution in [0, 0.1) is 5.82 Å². The van der Waals surface area contributed by atoms with Gasteiger partial charge in [0.15, 0.2) is 17.5 Å². The van der Waals surface area contributed by atoms with Crippen molar-refractivity contribution in [3.05, 3.63) is 120 Å². The number of aromatic nitrogens is 9. The van der Waals surface area contributed by atoms with Crippen LogP contribution >= 0.6 is 0 Å². The Bertz CT molecular complexity index is 2140. The predicted octanol–water partition coefficient (Wildman–Crippen LogP) is 4.45. The molecule has 53 heavy (non-hydrogen) atoms. The van der Waals surface area contributed by atoms with Gasteiger partial charge in [0, 0.05) is 49.2 Å². The molecule has 1 fully saturated rings. The van der Waals surface area contributed by atoms with E-state index in [9.17, 15) is 27.8 Å². The number of nitrogens with zero attached hydrogens (tertiary/aromatic N) is 11. The number of tetrazole rings is 1. The number of piperazine rings is 1. The lowest BCUT2D eigenvalue weighted by Gasteiger charge is -2.37. The lowest BCUT2D eigenvalue weighted by Crippen LogP contribution is -2.48. The number of hydrogen-bond donors (Lipinski definition) is 2. The zero-order chi connectivity index (χ0) is 37.4. The monoisotopic (exact) mass is 737 g/mol. The number of anilines is 2. The number of halogens is 6. The fourth-order valence-electron chi connectivity index (χ4n) is 6.07. The second-order valence-corrected chi connectivity index (χ2v) is 12.3. The van der Waals surface area contributed by atoms with Gasteiger partial charge in [0.25, 0.3) is 0 Å². The molecule has 2 aromatic carbocycles. The molecule has 4 aromatic heterocycles. The van der Waals surface area contributed by atoms with Crippen LogP contribution in [0.25, 0.3) is 16.9 Å².